The maximum atomic E-state index is 11.2. The highest BCUT2D eigenvalue weighted by molar-refractivity contribution is 5.85. The van der Waals surface area contributed by atoms with Crippen LogP contribution in [0.25, 0.3) is 0 Å². The lowest BCUT2D eigenvalue weighted by molar-refractivity contribution is -0.311. The highest BCUT2D eigenvalue weighted by atomic mass is 16.4. The molecule has 0 aromatic heterocycles. The van der Waals surface area contributed by atoms with E-state index in [4.69, 9.17) is 0 Å². The highest BCUT2D eigenvalue weighted by Crippen LogP contribution is 2.18. The number of nitrogens with zero attached hydrogens (tertiary/aromatic N) is 1. The third-order valence-electron chi connectivity index (χ3n) is 2.12. The van der Waals surface area contributed by atoms with Crippen LogP contribution in [-0.4, -0.2) is 29.4 Å². The molecule has 0 saturated carbocycles. The van der Waals surface area contributed by atoms with Crippen molar-refractivity contribution in [2.45, 2.75) is 26.3 Å². The minimum atomic E-state index is -1.12. The topological polar surface area (TPSA) is 60.4 Å². The Bertz CT molecular complexity index is 212. The van der Waals surface area contributed by atoms with E-state index in [2.05, 4.69) is 0 Å². The van der Waals surface area contributed by atoms with Crippen LogP contribution in [0, 0.1) is 5.92 Å². The number of aliphatic carboxylic acids is 1. The normalized spacial score (nSPS) is 23.8. The Labute approximate surface area is 71.2 Å². The number of amides is 1. The minimum absolute atomic E-state index is 0.0841. The molecular formula is C8H12NO3-. The molecule has 1 atom stereocenters. The van der Waals surface area contributed by atoms with Crippen molar-refractivity contribution < 1.29 is 14.7 Å². The molecule has 1 amide bonds. The Morgan fingerprint density at radius 3 is 2.50 bits per heavy atom. The number of hydrogen-bond acceptors (Lipinski definition) is 3. The Kier molecular flexibility index (Phi) is 2.35. The molecule has 1 aliphatic rings. The molecule has 12 heavy (non-hydrogen) atoms. The second-order valence-corrected chi connectivity index (χ2v) is 3.36. The molecule has 0 bridgehead atoms. The smallest absolute Gasteiger partial charge is 0.223 e. The first kappa shape index (κ1) is 9.03. The van der Waals surface area contributed by atoms with Gasteiger partial charge in [-0.25, -0.2) is 0 Å². The van der Waals surface area contributed by atoms with Crippen molar-refractivity contribution in [1.29, 1.82) is 0 Å². The average Bonchev–Trinajstić information content (AvgIpc) is 2.30. The predicted octanol–water partition coefficient (Wildman–Crippen LogP) is -1.01. The van der Waals surface area contributed by atoms with Crippen molar-refractivity contribution >= 4 is 11.9 Å². The molecule has 0 radical (unpaired) electrons. The second kappa shape index (κ2) is 3.13. The summed E-state index contributed by atoms with van der Waals surface area (Å²) in [5.41, 5.74) is 0. The molecule has 0 aromatic rings. The van der Waals surface area contributed by atoms with Crippen LogP contribution in [0.15, 0.2) is 0 Å². The Morgan fingerprint density at radius 2 is 2.25 bits per heavy atom. The number of hydrogen-bond donors (Lipinski definition) is 0. The van der Waals surface area contributed by atoms with Gasteiger partial charge in [-0.15, -0.1) is 0 Å². The van der Waals surface area contributed by atoms with Gasteiger partial charge in [0, 0.05) is 30.9 Å². The van der Waals surface area contributed by atoms with Crippen molar-refractivity contribution in [3.63, 3.8) is 0 Å². The average molecular weight is 170 g/mol. The summed E-state index contributed by atoms with van der Waals surface area (Å²) in [6, 6.07) is 0.0850. The van der Waals surface area contributed by atoms with E-state index in [1.807, 2.05) is 13.8 Å². The predicted molar refractivity (Wildman–Crippen MR) is 40.0 cm³/mol. The second-order valence-electron chi connectivity index (χ2n) is 3.36. The highest BCUT2D eigenvalue weighted by Gasteiger charge is 2.31. The molecule has 0 N–H and O–H groups in total. The number of carboxylic acids is 1. The van der Waals surface area contributed by atoms with Crippen molar-refractivity contribution in [2.24, 2.45) is 5.92 Å². The summed E-state index contributed by atoms with van der Waals surface area (Å²) in [5, 5.41) is 10.4. The van der Waals surface area contributed by atoms with Gasteiger partial charge in [0.1, 0.15) is 0 Å². The third-order valence-corrected chi connectivity index (χ3v) is 2.12. The molecule has 0 spiro atoms. The molecule has 0 aliphatic carbocycles. The van der Waals surface area contributed by atoms with Crippen LogP contribution in [0.4, 0.5) is 0 Å². The summed E-state index contributed by atoms with van der Waals surface area (Å²) < 4.78 is 0. The monoisotopic (exact) mass is 170 g/mol. The van der Waals surface area contributed by atoms with E-state index in [1.165, 1.54) is 0 Å². The Balaban J connectivity index is 2.62. The fraction of sp³-hybridized carbons (Fsp3) is 0.750. The van der Waals surface area contributed by atoms with E-state index in [0.717, 1.165) is 0 Å². The zero-order valence-corrected chi connectivity index (χ0v) is 7.24. The molecule has 1 aliphatic heterocycles. The minimum Gasteiger partial charge on any atom is -0.550 e. The number of carbonyl (C=O) groups is 2. The van der Waals surface area contributed by atoms with Gasteiger partial charge in [0.05, 0.1) is 0 Å². The Morgan fingerprint density at radius 1 is 1.67 bits per heavy atom. The summed E-state index contributed by atoms with van der Waals surface area (Å²) in [5.74, 6) is -1.81. The molecule has 68 valence electrons. The van der Waals surface area contributed by atoms with E-state index >= 15 is 0 Å². The number of carbonyl (C=O) groups excluding carboxylic acids is 2. The summed E-state index contributed by atoms with van der Waals surface area (Å²) in [7, 11) is 0. The third kappa shape index (κ3) is 1.57. The van der Waals surface area contributed by atoms with Gasteiger partial charge < -0.3 is 14.8 Å². The van der Waals surface area contributed by atoms with Crippen LogP contribution in [0.5, 0.6) is 0 Å². The van der Waals surface area contributed by atoms with Gasteiger partial charge in [-0.1, -0.05) is 0 Å². The van der Waals surface area contributed by atoms with Crippen LogP contribution in [0.3, 0.4) is 0 Å². The first-order chi connectivity index (χ1) is 5.52. The van der Waals surface area contributed by atoms with Crippen molar-refractivity contribution in [1.82, 2.24) is 4.90 Å². The zero-order chi connectivity index (χ0) is 9.30. The SMILES string of the molecule is CC(C)N1C[C@@H](C(=O)[O-])CC1=O. The lowest BCUT2D eigenvalue weighted by atomic mass is 10.1. The van der Waals surface area contributed by atoms with Gasteiger partial charge in [0.25, 0.3) is 0 Å². The fourth-order valence-corrected chi connectivity index (χ4v) is 1.39. The standard InChI is InChI=1S/C8H13NO3/c1-5(2)9-4-6(8(11)12)3-7(9)10/h5-6H,3-4H2,1-2H3,(H,11,12)/p-1/t6-/m0/s1. The fourth-order valence-electron chi connectivity index (χ4n) is 1.39. The van der Waals surface area contributed by atoms with Gasteiger partial charge in [-0.05, 0) is 13.8 Å². The zero-order valence-electron chi connectivity index (χ0n) is 7.24. The lowest BCUT2D eigenvalue weighted by Crippen LogP contribution is -2.36. The van der Waals surface area contributed by atoms with E-state index in [1.54, 1.807) is 4.90 Å². The quantitative estimate of drug-likeness (QED) is 0.533. The van der Waals surface area contributed by atoms with Gasteiger partial charge in [0.15, 0.2) is 0 Å². The number of carboxylic acid groups (broad SMARTS) is 1. The van der Waals surface area contributed by atoms with Crippen LogP contribution < -0.4 is 5.11 Å². The maximum Gasteiger partial charge on any atom is 0.223 e. The molecule has 0 unspecified atom stereocenters. The summed E-state index contributed by atoms with van der Waals surface area (Å²) in [6.45, 7) is 4.05. The first-order valence-electron chi connectivity index (χ1n) is 4.02. The molecule has 4 nitrogen and oxygen atoms in total. The maximum absolute atomic E-state index is 11.2. The van der Waals surface area contributed by atoms with Gasteiger partial charge in [-0.3, -0.25) is 4.79 Å². The van der Waals surface area contributed by atoms with Crippen LogP contribution in [-0.2, 0) is 9.59 Å². The first-order valence-corrected chi connectivity index (χ1v) is 4.02. The molecule has 1 fully saturated rings. The van der Waals surface area contributed by atoms with Gasteiger partial charge >= 0.3 is 0 Å². The molecule has 0 aromatic carbocycles. The van der Waals surface area contributed by atoms with Crippen molar-refractivity contribution in [2.75, 3.05) is 6.54 Å². The Hall–Kier alpha value is -1.06. The summed E-state index contributed by atoms with van der Waals surface area (Å²) in [6.07, 6.45) is 0.0977. The van der Waals surface area contributed by atoms with Crippen LogP contribution >= 0.6 is 0 Å². The van der Waals surface area contributed by atoms with Crippen LogP contribution in [0.1, 0.15) is 20.3 Å². The number of rotatable bonds is 2. The van der Waals surface area contributed by atoms with E-state index in [9.17, 15) is 14.7 Å². The van der Waals surface area contributed by atoms with E-state index in [0.29, 0.717) is 6.54 Å². The molecule has 1 saturated heterocycles. The molecular weight excluding hydrogens is 158 g/mol. The summed E-state index contributed by atoms with van der Waals surface area (Å²) in [4.78, 5) is 23.2. The molecule has 1 rings (SSSR count). The molecule has 4 heteroatoms. The van der Waals surface area contributed by atoms with Gasteiger partial charge in [0.2, 0.25) is 5.91 Å². The molecule has 1 heterocycles. The van der Waals surface area contributed by atoms with Gasteiger partial charge in [-0.2, -0.15) is 0 Å². The van der Waals surface area contributed by atoms with E-state index in [-0.39, 0.29) is 18.4 Å². The van der Waals surface area contributed by atoms with Crippen molar-refractivity contribution in [3.05, 3.63) is 0 Å². The number of likely N-dealkylation sites (tertiary alicyclic amines) is 1. The van der Waals surface area contributed by atoms with E-state index < -0.39 is 11.9 Å². The van der Waals surface area contributed by atoms with Crippen molar-refractivity contribution in [3.8, 4) is 0 Å². The van der Waals surface area contributed by atoms with Crippen LogP contribution in [0.2, 0.25) is 0 Å². The largest absolute Gasteiger partial charge is 0.550 e. The lowest BCUT2D eigenvalue weighted by Gasteiger charge is -2.20. The summed E-state index contributed by atoms with van der Waals surface area (Å²) >= 11 is 0.